The molecule has 2 aliphatic heterocycles. The Kier molecular flexibility index (Phi) is 3.62. The molecule has 2 unspecified atom stereocenters. The van der Waals surface area contributed by atoms with Gasteiger partial charge in [-0.3, -0.25) is 0 Å². The highest BCUT2D eigenvalue weighted by Crippen LogP contribution is 2.31. The quantitative estimate of drug-likeness (QED) is 0.852. The second-order valence-corrected chi connectivity index (χ2v) is 5.09. The molecule has 1 saturated heterocycles. The number of hydrogen-bond acceptors (Lipinski definition) is 3. The number of morpholine rings is 1. The lowest BCUT2D eigenvalue weighted by atomic mass is 9.91. The van der Waals surface area contributed by atoms with Gasteiger partial charge in [-0.05, 0) is 24.1 Å². The third-order valence-electron chi connectivity index (χ3n) is 3.45. The Labute approximate surface area is 118 Å². The molecule has 3 nitrogen and oxygen atoms in total. The van der Waals surface area contributed by atoms with Gasteiger partial charge in [0.25, 0.3) is 0 Å². The molecule has 21 heavy (non-hydrogen) atoms. The van der Waals surface area contributed by atoms with Crippen LogP contribution in [0.2, 0.25) is 0 Å². The first-order valence-corrected chi connectivity index (χ1v) is 6.51. The molecule has 1 N–H and O–H groups in total. The first-order valence-electron chi connectivity index (χ1n) is 6.51. The molecule has 2 heterocycles. The third-order valence-corrected chi connectivity index (χ3v) is 3.45. The molecule has 0 aromatic heterocycles. The fraction of sp³-hybridized carbons (Fsp3) is 0.429. The van der Waals surface area contributed by atoms with Crippen LogP contribution in [0.3, 0.4) is 0 Å². The molecule has 0 spiro atoms. The fourth-order valence-corrected chi connectivity index (χ4v) is 2.68. The highest BCUT2D eigenvalue weighted by atomic mass is 19.4. The Morgan fingerprint density at radius 3 is 2.71 bits per heavy atom. The second-order valence-electron chi connectivity index (χ2n) is 5.09. The van der Waals surface area contributed by atoms with Gasteiger partial charge in [0, 0.05) is 23.7 Å². The van der Waals surface area contributed by atoms with E-state index >= 15 is 0 Å². The summed E-state index contributed by atoms with van der Waals surface area (Å²) in [6, 6.07) is 3.33. The summed E-state index contributed by atoms with van der Waals surface area (Å²) >= 11 is 0. The molecular formula is C14H13F4NO2. The molecule has 1 aromatic carbocycles. The van der Waals surface area contributed by atoms with E-state index in [-0.39, 0.29) is 12.1 Å². The minimum absolute atomic E-state index is 0.0120. The van der Waals surface area contributed by atoms with Crippen molar-refractivity contribution in [1.29, 1.82) is 0 Å². The smallest absolute Gasteiger partial charge is 0.406 e. The number of alkyl halides is 3. The largest absolute Gasteiger partial charge is 0.573 e. The van der Waals surface area contributed by atoms with Crippen LogP contribution in [0.25, 0.3) is 5.57 Å². The van der Waals surface area contributed by atoms with Gasteiger partial charge < -0.3 is 14.8 Å². The number of nitrogens with one attached hydrogen (secondary N) is 1. The number of rotatable bonds is 2. The molecule has 0 radical (unpaired) electrons. The maximum absolute atomic E-state index is 14.0. The van der Waals surface area contributed by atoms with Crippen molar-refractivity contribution < 1.29 is 27.0 Å². The average Bonchev–Trinajstić information content (AvgIpc) is 2.36. The highest BCUT2D eigenvalue weighted by Gasteiger charge is 2.32. The van der Waals surface area contributed by atoms with Crippen molar-refractivity contribution in [3.63, 3.8) is 0 Å². The molecule has 0 amide bonds. The topological polar surface area (TPSA) is 30.5 Å². The molecule has 2 bridgehead atoms. The van der Waals surface area contributed by atoms with E-state index in [9.17, 15) is 17.6 Å². The summed E-state index contributed by atoms with van der Waals surface area (Å²) in [6.45, 7) is 1.06. The van der Waals surface area contributed by atoms with Crippen molar-refractivity contribution >= 4 is 5.57 Å². The summed E-state index contributed by atoms with van der Waals surface area (Å²) < 4.78 is 59.5. The number of benzene rings is 1. The Bertz CT molecular complexity index is 571. The van der Waals surface area contributed by atoms with Gasteiger partial charge >= 0.3 is 6.36 Å². The summed E-state index contributed by atoms with van der Waals surface area (Å²) in [5, 5.41) is 3.32. The minimum Gasteiger partial charge on any atom is -0.406 e. The summed E-state index contributed by atoms with van der Waals surface area (Å²) in [7, 11) is 0. The van der Waals surface area contributed by atoms with Crippen LogP contribution in [0.1, 0.15) is 12.0 Å². The van der Waals surface area contributed by atoms with Gasteiger partial charge in [-0.15, -0.1) is 13.2 Å². The third kappa shape index (κ3) is 3.36. The Morgan fingerprint density at radius 2 is 2.05 bits per heavy atom. The van der Waals surface area contributed by atoms with Crippen LogP contribution in [-0.4, -0.2) is 31.7 Å². The predicted octanol–water partition coefficient (Wildman–Crippen LogP) is 2.87. The van der Waals surface area contributed by atoms with Gasteiger partial charge in [0.05, 0.1) is 13.2 Å². The molecule has 0 aliphatic carbocycles. The molecule has 2 atom stereocenters. The van der Waals surface area contributed by atoms with Gasteiger partial charge in [-0.1, -0.05) is 6.08 Å². The predicted molar refractivity (Wildman–Crippen MR) is 67.2 cm³/mol. The highest BCUT2D eigenvalue weighted by molar-refractivity contribution is 5.68. The number of halogens is 4. The Morgan fingerprint density at radius 1 is 1.24 bits per heavy atom. The lowest BCUT2D eigenvalue weighted by molar-refractivity contribution is -0.274. The summed E-state index contributed by atoms with van der Waals surface area (Å²) in [5.41, 5.74) is 1.09. The Hall–Kier alpha value is -1.60. The van der Waals surface area contributed by atoms with Crippen molar-refractivity contribution in [1.82, 2.24) is 5.32 Å². The number of hydrogen-bond donors (Lipinski definition) is 1. The van der Waals surface area contributed by atoms with E-state index < -0.39 is 17.9 Å². The monoisotopic (exact) mass is 303 g/mol. The van der Waals surface area contributed by atoms with Crippen LogP contribution in [-0.2, 0) is 4.74 Å². The molecular weight excluding hydrogens is 290 g/mol. The molecule has 1 aromatic rings. The maximum atomic E-state index is 14.0. The van der Waals surface area contributed by atoms with Crippen LogP contribution in [0, 0.1) is 5.82 Å². The van der Waals surface area contributed by atoms with Gasteiger partial charge in [0.15, 0.2) is 0 Å². The minimum atomic E-state index is -4.82. The first kappa shape index (κ1) is 14.3. The fourth-order valence-electron chi connectivity index (χ4n) is 2.68. The number of ether oxygens (including phenoxy) is 2. The van der Waals surface area contributed by atoms with Crippen LogP contribution in [0.15, 0.2) is 24.3 Å². The molecule has 0 saturated carbocycles. The summed E-state index contributed by atoms with van der Waals surface area (Å²) in [6.07, 6.45) is -2.39. The zero-order chi connectivity index (χ0) is 15.0. The SMILES string of the molecule is Fc1cc(OC(F)(F)F)ccc1C1=CC2COCC(C1)N2. The van der Waals surface area contributed by atoms with E-state index in [1.165, 1.54) is 6.07 Å². The van der Waals surface area contributed by atoms with E-state index in [2.05, 4.69) is 10.1 Å². The average molecular weight is 303 g/mol. The van der Waals surface area contributed by atoms with Crippen molar-refractivity contribution in [2.24, 2.45) is 0 Å². The van der Waals surface area contributed by atoms with Gasteiger partial charge in [-0.25, -0.2) is 4.39 Å². The van der Waals surface area contributed by atoms with Crippen LogP contribution in [0.4, 0.5) is 17.6 Å². The zero-order valence-electron chi connectivity index (χ0n) is 10.9. The zero-order valence-corrected chi connectivity index (χ0v) is 10.9. The van der Waals surface area contributed by atoms with Gasteiger partial charge in [0.2, 0.25) is 0 Å². The van der Waals surface area contributed by atoms with Gasteiger partial charge in [-0.2, -0.15) is 0 Å². The first-order chi connectivity index (χ1) is 9.90. The van der Waals surface area contributed by atoms with Crippen LogP contribution >= 0.6 is 0 Å². The van der Waals surface area contributed by atoms with E-state index in [0.29, 0.717) is 25.2 Å². The molecule has 2 aliphatic rings. The Balaban J connectivity index is 1.84. The maximum Gasteiger partial charge on any atom is 0.573 e. The van der Waals surface area contributed by atoms with Gasteiger partial charge in [0.1, 0.15) is 11.6 Å². The molecule has 114 valence electrons. The van der Waals surface area contributed by atoms with Crippen molar-refractivity contribution in [2.75, 3.05) is 13.2 Å². The van der Waals surface area contributed by atoms with E-state index in [0.717, 1.165) is 17.7 Å². The van der Waals surface area contributed by atoms with Crippen molar-refractivity contribution in [3.8, 4) is 5.75 Å². The lowest BCUT2D eigenvalue weighted by Gasteiger charge is -2.35. The van der Waals surface area contributed by atoms with E-state index in [1.807, 2.05) is 6.08 Å². The number of fused-ring (bicyclic) bond motifs is 2. The van der Waals surface area contributed by atoms with Crippen molar-refractivity contribution in [3.05, 3.63) is 35.7 Å². The lowest BCUT2D eigenvalue weighted by Crippen LogP contribution is -2.50. The standard InChI is InChI=1S/C14H13F4NO2/c15-13-5-11(21-14(16,17)18)1-2-12(13)8-3-9-6-20-7-10(4-8)19-9/h1-3,5,9-10,19H,4,6-7H2. The van der Waals surface area contributed by atoms with Crippen LogP contribution < -0.4 is 10.1 Å². The van der Waals surface area contributed by atoms with Crippen molar-refractivity contribution in [2.45, 2.75) is 24.9 Å². The normalized spacial score (nSPS) is 25.4. The molecule has 7 heteroatoms. The van der Waals surface area contributed by atoms with Crippen LogP contribution in [0.5, 0.6) is 5.75 Å². The summed E-state index contributed by atoms with van der Waals surface area (Å²) in [5.74, 6) is -1.27. The van der Waals surface area contributed by atoms with E-state index in [4.69, 9.17) is 4.74 Å². The van der Waals surface area contributed by atoms with E-state index in [1.54, 1.807) is 0 Å². The molecule has 1 fully saturated rings. The summed E-state index contributed by atoms with van der Waals surface area (Å²) in [4.78, 5) is 0. The second kappa shape index (κ2) is 5.31. The molecule has 3 rings (SSSR count).